The molecule has 0 saturated carbocycles. The van der Waals surface area contributed by atoms with Crippen LogP contribution in [-0.2, 0) is 19.7 Å². The van der Waals surface area contributed by atoms with Crippen LogP contribution in [0, 0.1) is 17.0 Å². The molecule has 2 atom stereocenters. The highest BCUT2D eigenvalue weighted by Gasteiger charge is 2.35. The quantitative estimate of drug-likeness (QED) is 0.289. The summed E-state index contributed by atoms with van der Waals surface area (Å²) < 4.78 is 61.7. The summed E-state index contributed by atoms with van der Waals surface area (Å²) in [6, 6.07) is 9.12. The van der Waals surface area contributed by atoms with Crippen molar-refractivity contribution in [3.8, 4) is 17.0 Å². The molecule has 4 aromatic rings. The molecule has 3 heterocycles. The van der Waals surface area contributed by atoms with Gasteiger partial charge in [0.25, 0.3) is 10.0 Å². The van der Waals surface area contributed by atoms with E-state index in [1.807, 2.05) is 40.7 Å². The third-order valence-electron chi connectivity index (χ3n) is 7.44. The zero-order valence-electron chi connectivity index (χ0n) is 25.7. The zero-order valence-corrected chi connectivity index (χ0v) is 26.5. The van der Waals surface area contributed by atoms with E-state index >= 15 is 0 Å². The van der Waals surface area contributed by atoms with Gasteiger partial charge in [0.15, 0.2) is 0 Å². The maximum absolute atomic E-state index is 14.3. The van der Waals surface area contributed by atoms with Gasteiger partial charge >= 0.3 is 5.97 Å². The van der Waals surface area contributed by atoms with E-state index in [-0.39, 0.29) is 28.8 Å². The number of nitrogens with one attached hydrogen (secondary N) is 1. The Bertz CT molecular complexity index is 1870. The first-order valence-corrected chi connectivity index (χ1v) is 15.7. The Morgan fingerprint density at radius 3 is 2.42 bits per heavy atom. The number of hydrogen-bond acceptors (Lipinski definition) is 10. The standard InChI is InChI=1S/C31H34F2N6O5S/c1-18-16-39(44-30(40)31(3,4)5)19(2)15-38(18)28-23-11-20(7-9-25(23)35-17-36-28)21-12-27(29(43-6)34-14-21)45(41,42)37-26-10-8-22(32)13-24(26)33/h7-14,17-19,37H,15-16H2,1-6H3/t18-,19+/m0/s1. The molecule has 0 spiro atoms. The predicted octanol–water partition coefficient (Wildman–Crippen LogP) is 5.18. The molecule has 1 fully saturated rings. The van der Waals surface area contributed by atoms with Gasteiger partial charge in [0.2, 0.25) is 5.88 Å². The Labute approximate surface area is 260 Å². The van der Waals surface area contributed by atoms with E-state index in [0.717, 1.165) is 17.5 Å². The fourth-order valence-corrected chi connectivity index (χ4v) is 6.13. The van der Waals surface area contributed by atoms with Crippen LogP contribution in [0.25, 0.3) is 22.0 Å². The summed E-state index contributed by atoms with van der Waals surface area (Å²) in [4.78, 5) is 33.3. The third-order valence-corrected chi connectivity index (χ3v) is 8.80. The van der Waals surface area contributed by atoms with Gasteiger partial charge in [-0.3, -0.25) is 4.72 Å². The van der Waals surface area contributed by atoms with Gasteiger partial charge in [-0.05, 0) is 70.5 Å². The highest BCUT2D eigenvalue weighted by Crippen LogP contribution is 2.34. The van der Waals surface area contributed by atoms with Crippen LogP contribution in [0.1, 0.15) is 34.6 Å². The number of hydroxylamine groups is 2. The normalized spacial score (nSPS) is 17.7. The van der Waals surface area contributed by atoms with Gasteiger partial charge in [-0.1, -0.05) is 6.07 Å². The largest absolute Gasteiger partial charge is 0.480 e. The number of methoxy groups -OCH3 is 1. The van der Waals surface area contributed by atoms with Crippen molar-refractivity contribution in [3.63, 3.8) is 0 Å². The number of carbonyl (C=O) groups excluding carboxylic acids is 1. The van der Waals surface area contributed by atoms with Crippen molar-refractivity contribution in [1.82, 2.24) is 20.0 Å². The van der Waals surface area contributed by atoms with Crippen molar-refractivity contribution >= 4 is 38.4 Å². The number of nitrogens with zero attached hydrogens (tertiary/aromatic N) is 5. The van der Waals surface area contributed by atoms with Crippen LogP contribution in [0.3, 0.4) is 0 Å². The van der Waals surface area contributed by atoms with Gasteiger partial charge in [-0.25, -0.2) is 36.9 Å². The van der Waals surface area contributed by atoms with E-state index in [1.165, 1.54) is 25.7 Å². The Morgan fingerprint density at radius 1 is 0.978 bits per heavy atom. The van der Waals surface area contributed by atoms with Crippen molar-refractivity contribution in [2.75, 3.05) is 29.8 Å². The summed E-state index contributed by atoms with van der Waals surface area (Å²) in [7, 11) is -3.13. The lowest BCUT2D eigenvalue weighted by atomic mass is 9.98. The second-order valence-corrected chi connectivity index (χ2v) is 13.6. The average Bonchev–Trinajstić information content (AvgIpc) is 2.99. The minimum Gasteiger partial charge on any atom is -0.480 e. The Balaban J connectivity index is 1.48. The Hall–Kier alpha value is -4.43. The predicted molar refractivity (Wildman–Crippen MR) is 165 cm³/mol. The van der Waals surface area contributed by atoms with E-state index in [9.17, 15) is 22.0 Å². The second-order valence-electron chi connectivity index (χ2n) is 12.0. The SMILES string of the molecule is COc1ncc(-c2ccc3ncnc(N4C[C@@H](C)N(OC(=O)C(C)(C)C)C[C@@H]4C)c3c2)cc1S(=O)(=O)Nc1ccc(F)cc1F. The van der Waals surface area contributed by atoms with Crippen LogP contribution in [0.5, 0.6) is 5.88 Å². The summed E-state index contributed by atoms with van der Waals surface area (Å²) in [5, 5.41) is 2.43. The summed E-state index contributed by atoms with van der Waals surface area (Å²) in [5.74, 6) is -1.75. The van der Waals surface area contributed by atoms with Gasteiger partial charge in [-0.2, -0.15) is 0 Å². The third kappa shape index (κ3) is 6.66. The molecule has 14 heteroatoms. The van der Waals surface area contributed by atoms with Crippen LogP contribution in [-0.4, -0.2) is 66.7 Å². The monoisotopic (exact) mass is 640 g/mol. The number of sulfonamides is 1. The van der Waals surface area contributed by atoms with Gasteiger partial charge in [0.1, 0.15) is 28.7 Å². The topological polar surface area (TPSA) is 127 Å². The lowest BCUT2D eigenvalue weighted by molar-refractivity contribution is -0.213. The molecule has 1 N–H and O–H groups in total. The molecule has 0 radical (unpaired) electrons. The first-order chi connectivity index (χ1) is 21.2. The van der Waals surface area contributed by atoms with Crippen molar-refractivity contribution < 1.29 is 31.6 Å². The first-order valence-electron chi connectivity index (χ1n) is 14.2. The van der Waals surface area contributed by atoms with Gasteiger partial charge in [-0.15, -0.1) is 5.06 Å². The number of fused-ring (bicyclic) bond motifs is 1. The maximum atomic E-state index is 14.3. The van der Waals surface area contributed by atoms with Gasteiger partial charge < -0.3 is 14.5 Å². The van der Waals surface area contributed by atoms with E-state index in [2.05, 4.69) is 24.6 Å². The molecular weight excluding hydrogens is 606 g/mol. The number of piperazine rings is 1. The van der Waals surface area contributed by atoms with Crippen LogP contribution < -0.4 is 14.4 Å². The van der Waals surface area contributed by atoms with Crippen molar-refractivity contribution in [3.05, 3.63) is 66.6 Å². The molecule has 1 aliphatic heterocycles. The van der Waals surface area contributed by atoms with E-state index in [1.54, 1.807) is 17.2 Å². The summed E-state index contributed by atoms with van der Waals surface area (Å²) >= 11 is 0. The number of carbonyl (C=O) groups is 1. The molecule has 0 amide bonds. The minimum atomic E-state index is -4.40. The maximum Gasteiger partial charge on any atom is 0.330 e. The van der Waals surface area contributed by atoms with Gasteiger partial charge in [0, 0.05) is 35.8 Å². The molecule has 2 aromatic heterocycles. The number of ether oxygens (including phenoxy) is 1. The highest BCUT2D eigenvalue weighted by molar-refractivity contribution is 7.92. The van der Waals surface area contributed by atoms with Crippen molar-refractivity contribution in [1.29, 1.82) is 0 Å². The second kappa shape index (κ2) is 12.2. The number of benzene rings is 2. The number of pyridine rings is 1. The number of anilines is 2. The zero-order chi connectivity index (χ0) is 32.7. The summed E-state index contributed by atoms with van der Waals surface area (Å²) in [6.45, 7) is 10.4. The van der Waals surface area contributed by atoms with E-state index in [0.29, 0.717) is 41.6 Å². The van der Waals surface area contributed by atoms with Crippen LogP contribution in [0.15, 0.2) is 59.9 Å². The number of hydrogen-bond donors (Lipinski definition) is 1. The molecule has 11 nitrogen and oxygen atoms in total. The smallest absolute Gasteiger partial charge is 0.330 e. The average molecular weight is 641 g/mol. The fraction of sp³-hybridized carbons (Fsp3) is 0.355. The molecule has 5 rings (SSSR count). The molecule has 0 aliphatic carbocycles. The van der Waals surface area contributed by atoms with E-state index in [4.69, 9.17) is 9.57 Å². The number of halogens is 2. The molecular formula is C31H34F2N6O5S. The van der Waals surface area contributed by atoms with E-state index < -0.39 is 32.8 Å². The minimum absolute atomic E-state index is 0.0759. The van der Waals surface area contributed by atoms with Crippen LogP contribution in [0.2, 0.25) is 0 Å². The summed E-state index contributed by atoms with van der Waals surface area (Å²) in [5.41, 5.74) is 0.674. The van der Waals surface area contributed by atoms with Crippen molar-refractivity contribution in [2.45, 2.75) is 51.6 Å². The molecule has 0 unspecified atom stereocenters. The van der Waals surface area contributed by atoms with Gasteiger partial charge in [0.05, 0.1) is 36.3 Å². The highest BCUT2D eigenvalue weighted by atomic mass is 32.2. The van der Waals surface area contributed by atoms with Crippen molar-refractivity contribution in [2.24, 2.45) is 5.41 Å². The first kappa shape index (κ1) is 32.0. The number of aromatic nitrogens is 3. The molecule has 1 saturated heterocycles. The molecule has 0 bridgehead atoms. The molecule has 1 aliphatic rings. The molecule has 45 heavy (non-hydrogen) atoms. The number of rotatable bonds is 7. The molecule has 238 valence electrons. The van der Waals surface area contributed by atoms with Crippen LogP contribution >= 0.6 is 0 Å². The lowest BCUT2D eigenvalue weighted by Gasteiger charge is -2.43. The van der Waals surface area contributed by atoms with Crippen LogP contribution in [0.4, 0.5) is 20.3 Å². The Morgan fingerprint density at radius 2 is 1.73 bits per heavy atom. The summed E-state index contributed by atoms with van der Waals surface area (Å²) in [6.07, 6.45) is 2.95. The lowest BCUT2D eigenvalue weighted by Crippen LogP contribution is -2.57. The Kier molecular flexibility index (Phi) is 8.64. The fourth-order valence-electron chi connectivity index (χ4n) is 4.92. The molecule has 2 aromatic carbocycles.